The number of halogens is 2. The molecule has 2 aromatic carbocycles. The summed E-state index contributed by atoms with van der Waals surface area (Å²) in [6.07, 6.45) is 0. The summed E-state index contributed by atoms with van der Waals surface area (Å²) in [6.45, 7) is 4.49. The van der Waals surface area contributed by atoms with Gasteiger partial charge in [-0.3, -0.25) is 33.6 Å². The van der Waals surface area contributed by atoms with Crippen molar-refractivity contribution >= 4 is 98.8 Å². The Morgan fingerprint density at radius 1 is 0.685 bits per heavy atom. The molecule has 0 aliphatic carbocycles. The molecule has 4 amide bonds. The van der Waals surface area contributed by atoms with Crippen molar-refractivity contribution in [3.05, 3.63) is 53.6 Å². The summed E-state index contributed by atoms with van der Waals surface area (Å²) in [7, 11) is 0. The fourth-order valence-corrected chi connectivity index (χ4v) is 7.44. The molecule has 0 heterocycles. The summed E-state index contributed by atoms with van der Waals surface area (Å²) in [5.41, 5.74) is -0.430. The maximum absolute atomic E-state index is 14.8. The Kier molecular flexibility index (Phi) is 18.6. The third-order valence-corrected chi connectivity index (χ3v) is 10.1. The lowest BCUT2D eigenvalue weighted by Gasteiger charge is -2.20. The molecule has 15 nitrogen and oxygen atoms in total. The van der Waals surface area contributed by atoms with Crippen LogP contribution in [0.3, 0.4) is 0 Å². The van der Waals surface area contributed by atoms with E-state index in [4.69, 9.17) is 4.74 Å². The number of rotatable bonds is 18. The number of carboxylic acids is 1. The fraction of sp³-hybridized carbons (Fsp3) is 0.364. The SMILES string of the molecule is CC(=O)NC(CSC(=O)C(CSC(=O)c1cc(-c2ccc(F)cc2F)ccc1OC(=O)C(CSC(=O)C(CS)NC(C)=O)NC(C)=O)NC(C)=O)C(=O)O. The molecule has 0 aromatic heterocycles. The van der Waals surface area contributed by atoms with Crippen molar-refractivity contribution in [2.75, 3.05) is 23.0 Å². The van der Waals surface area contributed by atoms with Crippen LogP contribution < -0.4 is 26.0 Å². The number of carbonyl (C=O) groups excluding carboxylic acids is 8. The van der Waals surface area contributed by atoms with Crippen LogP contribution in [0.5, 0.6) is 5.75 Å². The van der Waals surface area contributed by atoms with E-state index in [0.717, 1.165) is 45.0 Å². The molecule has 0 spiro atoms. The quantitative estimate of drug-likeness (QED) is 0.0717. The van der Waals surface area contributed by atoms with Crippen molar-refractivity contribution in [1.82, 2.24) is 21.3 Å². The van der Waals surface area contributed by atoms with Gasteiger partial charge in [-0.2, -0.15) is 12.6 Å². The second-order valence-corrected chi connectivity index (χ2v) is 14.6. The monoisotopic (exact) mass is 830 g/mol. The number of hydrogen-bond acceptors (Lipinski definition) is 14. The molecule has 0 fully saturated rings. The van der Waals surface area contributed by atoms with Crippen molar-refractivity contribution in [3.63, 3.8) is 0 Å². The number of esters is 1. The smallest absolute Gasteiger partial charge is 0.334 e. The van der Waals surface area contributed by atoms with E-state index in [1.165, 1.54) is 13.0 Å². The van der Waals surface area contributed by atoms with Gasteiger partial charge >= 0.3 is 11.9 Å². The van der Waals surface area contributed by atoms with Gasteiger partial charge in [-0.1, -0.05) is 41.4 Å². The molecular formula is C33H36F2N4O11S4. The van der Waals surface area contributed by atoms with Gasteiger partial charge in [0.2, 0.25) is 39.0 Å². The number of carbonyl (C=O) groups is 9. The van der Waals surface area contributed by atoms with Crippen molar-refractivity contribution in [1.29, 1.82) is 0 Å². The lowest BCUT2D eigenvalue weighted by atomic mass is 10.0. The molecule has 5 N–H and O–H groups in total. The molecule has 0 bridgehead atoms. The van der Waals surface area contributed by atoms with Crippen molar-refractivity contribution in [2.45, 2.75) is 51.9 Å². The summed E-state index contributed by atoms with van der Waals surface area (Å²) in [4.78, 5) is 111. The van der Waals surface area contributed by atoms with Gasteiger partial charge in [-0.15, -0.1) is 0 Å². The van der Waals surface area contributed by atoms with E-state index < -0.39 is 104 Å². The topological polar surface area (TPSA) is 231 Å². The molecule has 4 unspecified atom stereocenters. The zero-order valence-electron chi connectivity index (χ0n) is 29.1. The first kappa shape index (κ1) is 45.7. The number of thioether (sulfide) groups is 3. The first-order valence-corrected chi connectivity index (χ1v) is 19.1. The van der Waals surface area contributed by atoms with E-state index in [0.29, 0.717) is 41.4 Å². The Labute approximate surface area is 326 Å². The van der Waals surface area contributed by atoms with Crippen LogP contribution in [0.4, 0.5) is 8.78 Å². The molecule has 0 saturated heterocycles. The number of benzene rings is 2. The van der Waals surface area contributed by atoms with Crippen LogP contribution in [-0.4, -0.2) is 103 Å². The first-order chi connectivity index (χ1) is 25.3. The van der Waals surface area contributed by atoms with Crippen LogP contribution in [0.1, 0.15) is 38.1 Å². The Morgan fingerprint density at radius 3 is 1.72 bits per heavy atom. The average molecular weight is 831 g/mol. The highest BCUT2D eigenvalue weighted by molar-refractivity contribution is 8.15. The van der Waals surface area contributed by atoms with Gasteiger partial charge in [0.05, 0.1) is 5.56 Å². The summed E-state index contributed by atoms with van der Waals surface area (Å²) in [5.74, 6) is -8.52. The van der Waals surface area contributed by atoms with Crippen LogP contribution in [0.25, 0.3) is 11.1 Å². The number of aliphatic carboxylic acids is 1. The molecule has 0 aliphatic rings. The maximum Gasteiger partial charge on any atom is 0.334 e. The van der Waals surface area contributed by atoms with E-state index in [1.54, 1.807) is 0 Å². The zero-order valence-corrected chi connectivity index (χ0v) is 32.4. The number of amides is 4. The number of carboxylic acid groups (broad SMARTS) is 1. The number of thiol groups is 1. The van der Waals surface area contributed by atoms with E-state index in [2.05, 4.69) is 33.9 Å². The average Bonchev–Trinajstić information content (AvgIpc) is 3.08. The van der Waals surface area contributed by atoms with Gasteiger partial charge in [0.15, 0.2) is 0 Å². The largest absolute Gasteiger partial charge is 0.480 e. The van der Waals surface area contributed by atoms with E-state index in [-0.39, 0.29) is 28.2 Å². The highest BCUT2D eigenvalue weighted by Gasteiger charge is 2.30. The Morgan fingerprint density at radius 2 is 1.19 bits per heavy atom. The molecular weight excluding hydrogens is 795 g/mol. The predicted molar refractivity (Wildman–Crippen MR) is 201 cm³/mol. The molecule has 2 rings (SSSR count). The highest BCUT2D eigenvalue weighted by Crippen LogP contribution is 2.32. The molecule has 4 atom stereocenters. The third-order valence-electron chi connectivity index (χ3n) is 6.66. The van der Waals surface area contributed by atoms with E-state index in [1.807, 2.05) is 0 Å². The van der Waals surface area contributed by atoms with Gasteiger partial charge in [0.25, 0.3) is 0 Å². The second kappa shape index (κ2) is 22.0. The van der Waals surface area contributed by atoms with Gasteiger partial charge in [-0.25, -0.2) is 18.4 Å². The van der Waals surface area contributed by atoms with Gasteiger partial charge in [-0.05, 0) is 29.8 Å². The Balaban J connectivity index is 2.43. The van der Waals surface area contributed by atoms with E-state index in [9.17, 15) is 57.0 Å². The first-order valence-electron chi connectivity index (χ1n) is 15.6. The number of nitrogens with one attached hydrogen (secondary N) is 4. The minimum Gasteiger partial charge on any atom is -0.480 e. The van der Waals surface area contributed by atoms with Crippen LogP contribution >= 0.6 is 47.9 Å². The normalized spacial score (nSPS) is 12.9. The summed E-state index contributed by atoms with van der Waals surface area (Å²) < 4.78 is 33.9. The van der Waals surface area contributed by atoms with Gasteiger partial charge < -0.3 is 31.1 Å². The maximum atomic E-state index is 14.8. The zero-order chi connectivity index (χ0) is 40.7. The van der Waals surface area contributed by atoms with Crippen LogP contribution in [0, 0.1) is 11.6 Å². The Hall–Kier alpha value is -4.47. The molecule has 54 heavy (non-hydrogen) atoms. The predicted octanol–water partition coefficient (Wildman–Crippen LogP) is 1.96. The molecule has 0 aliphatic heterocycles. The lowest BCUT2D eigenvalue weighted by molar-refractivity contribution is -0.140. The van der Waals surface area contributed by atoms with Crippen LogP contribution in [0.2, 0.25) is 0 Å². The van der Waals surface area contributed by atoms with Crippen LogP contribution in [-0.2, 0) is 38.4 Å². The van der Waals surface area contributed by atoms with Crippen molar-refractivity contribution in [3.8, 4) is 16.9 Å². The molecule has 21 heteroatoms. The standard InChI is InChI=1S/C33H36F2N4O11S4/c1-15(40)36-24(11-51)32(48)54-13-26(38-17(3)42)30(46)50-28-8-5-19(21-7-6-20(34)10-23(21)35)9-22(28)31(47)52-14-27(39-18(4)43)33(49)53-12-25(29(44)45)37-16(2)41/h5-10,24-27,51H,11-14H2,1-4H3,(H,36,40)(H,37,41)(H,38,42)(H,39,43)(H,44,45). The van der Waals surface area contributed by atoms with Crippen molar-refractivity contribution < 1.29 is 61.8 Å². The van der Waals surface area contributed by atoms with Gasteiger partial charge in [0, 0.05) is 62.3 Å². The van der Waals surface area contributed by atoms with Crippen LogP contribution in [0.15, 0.2) is 36.4 Å². The third kappa shape index (κ3) is 15.1. The number of ether oxygens (including phenoxy) is 1. The summed E-state index contributed by atoms with van der Waals surface area (Å²) in [6, 6.07) is 1.00. The molecule has 0 saturated carbocycles. The van der Waals surface area contributed by atoms with Crippen molar-refractivity contribution in [2.24, 2.45) is 0 Å². The van der Waals surface area contributed by atoms with Gasteiger partial charge in [0.1, 0.15) is 41.6 Å². The highest BCUT2D eigenvalue weighted by atomic mass is 32.2. The molecule has 2 aromatic rings. The number of hydrogen-bond donors (Lipinski definition) is 6. The Bertz CT molecular complexity index is 1800. The summed E-state index contributed by atoms with van der Waals surface area (Å²) >= 11 is 5.60. The summed E-state index contributed by atoms with van der Waals surface area (Å²) in [5, 5.41) is 16.5. The lowest BCUT2D eigenvalue weighted by Crippen LogP contribution is -2.45. The second-order valence-electron chi connectivity index (χ2n) is 11.1. The fourth-order valence-electron chi connectivity index (χ4n) is 4.29. The molecule has 292 valence electrons. The minimum absolute atomic E-state index is 0.0503. The minimum atomic E-state index is -1.45. The van der Waals surface area contributed by atoms with E-state index >= 15 is 0 Å². The molecule has 0 radical (unpaired) electrons.